The third-order valence-corrected chi connectivity index (χ3v) is 5.09. The molecule has 0 radical (unpaired) electrons. The number of nitrogens with zero attached hydrogens (tertiary/aromatic N) is 4. The Labute approximate surface area is 172 Å². The fourth-order valence-electron chi connectivity index (χ4n) is 3.31. The van der Waals surface area contributed by atoms with E-state index >= 15 is 0 Å². The van der Waals surface area contributed by atoms with Crippen LogP contribution in [0.3, 0.4) is 0 Å². The van der Waals surface area contributed by atoms with Crippen LogP contribution in [0.4, 0.5) is 0 Å². The van der Waals surface area contributed by atoms with E-state index in [1.807, 2.05) is 41.4 Å². The summed E-state index contributed by atoms with van der Waals surface area (Å²) in [6.07, 6.45) is 0.966. The van der Waals surface area contributed by atoms with Crippen molar-refractivity contribution in [1.82, 2.24) is 30.2 Å². The van der Waals surface area contributed by atoms with Gasteiger partial charge in [0.15, 0.2) is 5.11 Å². The fourth-order valence-corrected chi connectivity index (χ4v) is 3.49. The standard InChI is InChI=1S/C21H28N6S/c1-15-13-16(2)26(24-15)12-8-11-22-21(28)23-14-20-17(3)25-27(18(20)4)19-9-6-5-7-10-19/h5-7,9-10,13H,8,11-12,14H2,1-4H3,(H2,22,23,28). The SMILES string of the molecule is Cc1cc(C)n(CCCNC(=S)NCc2c(C)nn(-c3ccccc3)c2C)n1. The van der Waals surface area contributed by atoms with Gasteiger partial charge in [-0.15, -0.1) is 0 Å². The van der Waals surface area contributed by atoms with E-state index in [4.69, 9.17) is 12.2 Å². The molecule has 0 saturated heterocycles. The molecule has 148 valence electrons. The summed E-state index contributed by atoms with van der Waals surface area (Å²) >= 11 is 5.43. The van der Waals surface area contributed by atoms with E-state index in [1.54, 1.807) is 0 Å². The van der Waals surface area contributed by atoms with Crippen LogP contribution in [0.5, 0.6) is 0 Å². The average Bonchev–Trinajstić information content (AvgIpc) is 3.15. The zero-order chi connectivity index (χ0) is 20.1. The predicted molar refractivity (Wildman–Crippen MR) is 117 cm³/mol. The summed E-state index contributed by atoms with van der Waals surface area (Å²) in [5.41, 5.74) is 6.64. The van der Waals surface area contributed by atoms with Crippen LogP contribution in [-0.4, -0.2) is 31.2 Å². The summed E-state index contributed by atoms with van der Waals surface area (Å²) in [5, 5.41) is 16.4. The van der Waals surface area contributed by atoms with Crippen molar-refractivity contribution in [3.63, 3.8) is 0 Å². The molecule has 2 N–H and O–H groups in total. The Morgan fingerprint density at radius 1 is 1.04 bits per heavy atom. The number of aryl methyl sites for hydroxylation is 4. The third-order valence-electron chi connectivity index (χ3n) is 4.80. The Bertz CT molecular complexity index is 941. The van der Waals surface area contributed by atoms with Gasteiger partial charge in [0.05, 0.1) is 17.1 Å². The molecular weight excluding hydrogens is 368 g/mol. The Kier molecular flexibility index (Phi) is 6.46. The highest BCUT2D eigenvalue weighted by atomic mass is 32.1. The smallest absolute Gasteiger partial charge is 0.166 e. The number of benzene rings is 1. The van der Waals surface area contributed by atoms with Crippen molar-refractivity contribution in [1.29, 1.82) is 0 Å². The van der Waals surface area contributed by atoms with Crippen LogP contribution >= 0.6 is 12.2 Å². The molecule has 0 amide bonds. The van der Waals surface area contributed by atoms with Crippen molar-refractivity contribution in [3.8, 4) is 5.69 Å². The number of rotatable bonds is 7. The second-order valence-corrected chi connectivity index (χ2v) is 7.42. The van der Waals surface area contributed by atoms with E-state index in [0.29, 0.717) is 11.7 Å². The molecule has 3 rings (SSSR count). The Morgan fingerprint density at radius 2 is 1.79 bits per heavy atom. The van der Waals surface area contributed by atoms with E-state index in [1.165, 1.54) is 11.3 Å². The first kappa shape index (κ1) is 20.1. The second kappa shape index (κ2) is 9.01. The maximum atomic E-state index is 5.43. The number of hydrogen-bond donors (Lipinski definition) is 2. The summed E-state index contributed by atoms with van der Waals surface area (Å²) in [5.74, 6) is 0. The van der Waals surface area contributed by atoms with Crippen LogP contribution < -0.4 is 10.6 Å². The van der Waals surface area contributed by atoms with Gasteiger partial charge < -0.3 is 10.6 Å². The molecule has 6 nitrogen and oxygen atoms in total. The van der Waals surface area contributed by atoms with E-state index in [9.17, 15) is 0 Å². The van der Waals surface area contributed by atoms with Gasteiger partial charge in [0.25, 0.3) is 0 Å². The highest BCUT2D eigenvalue weighted by Crippen LogP contribution is 2.17. The minimum atomic E-state index is 0.661. The van der Waals surface area contributed by atoms with Crippen LogP contribution in [0.25, 0.3) is 5.69 Å². The number of hydrogen-bond acceptors (Lipinski definition) is 3. The lowest BCUT2D eigenvalue weighted by Gasteiger charge is -2.11. The van der Waals surface area contributed by atoms with Gasteiger partial charge in [-0.2, -0.15) is 10.2 Å². The van der Waals surface area contributed by atoms with E-state index in [-0.39, 0.29) is 0 Å². The van der Waals surface area contributed by atoms with Gasteiger partial charge in [0, 0.05) is 36.6 Å². The van der Waals surface area contributed by atoms with Crippen LogP contribution in [0, 0.1) is 27.7 Å². The molecule has 0 aliphatic carbocycles. The van der Waals surface area contributed by atoms with Crippen molar-refractivity contribution in [2.24, 2.45) is 0 Å². The monoisotopic (exact) mass is 396 g/mol. The first-order valence-corrected chi connectivity index (χ1v) is 10.00. The van der Waals surface area contributed by atoms with Gasteiger partial charge in [-0.25, -0.2) is 4.68 Å². The van der Waals surface area contributed by atoms with Crippen molar-refractivity contribution >= 4 is 17.3 Å². The molecule has 2 heterocycles. The molecule has 2 aromatic heterocycles. The maximum absolute atomic E-state index is 5.43. The first-order chi connectivity index (χ1) is 13.5. The van der Waals surface area contributed by atoms with Gasteiger partial charge in [-0.05, 0) is 64.5 Å². The van der Waals surface area contributed by atoms with Crippen molar-refractivity contribution in [2.75, 3.05) is 6.54 Å². The van der Waals surface area contributed by atoms with Gasteiger partial charge in [-0.3, -0.25) is 4.68 Å². The van der Waals surface area contributed by atoms with Gasteiger partial charge in [0.1, 0.15) is 0 Å². The van der Waals surface area contributed by atoms with E-state index in [0.717, 1.165) is 42.3 Å². The molecule has 0 bridgehead atoms. The molecule has 1 aromatic carbocycles. The van der Waals surface area contributed by atoms with Crippen molar-refractivity contribution in [3.05, 3.63) is 64.7 Å². The predicted octanol–water partition coefficient (Wildman–Crippen LogP) is 3.36. The number of nitrogens with one attached hydrogen (secondary N) is 2. The fraction of sp³-hybridized carbons (Fsp3) is 0.381. The lowest BCUT2D eigenvalue weighted by Crippen LogP contribution is -2.35. The largest absolute Gasteiger partial charge is 0.363 e. The van der Waals surface area contributed by atoms with E-state index < -0.39 is 0 Å². The van der Waals surface area contributed by atoms with Crippen molar-refractivity contribution < 1.29 is 0 Å². The Balaban J connectivity index is 1.48. The topological polar surface area (TPSA) is 59.7 Å². The average molecular weight is 397 g/mol. The summed E-state index contributed by atoms with van der Waals surface area (Å²) in [6, 6.07) is 12.3. The van der Waals surface area contributed by atoms with Crippen molar-refractivity contribution in [2.45, 2.75) is 47.2 Å². The molecular formula is C21H28N6S. The lowest BCUT2D eigenvalue weighted by molar-refractivity contribution is 0.556. The molecule has 7 heteroatoms. The highest BCUT2D eigenvalue weighted by molar-refractivity contribution is 7.80. The minimum Gasteiger partial charge on any atom is -0.363 e. The molecule has 0 saturated carbocycles. The molecule has 0 fully saturated rings. The van der Waals surface area contributed by atoms with Crippen LogP contribution in [0.15, 0.2) is 36.4 Å². The summed E-state index contributed by atoms with van der Waals surface area (Å²) in [4.78, 5) is 0. The highest BCUT2D eigenvalue weighted by Gasteiger charge is 2.12. The number of thiocarbonyl (C=S) groups is 1. The zero-order valence-corrected chi connectivity index (χ0v) is 17.8. The quantitative estimate of drug-likeness (QED) is 0.474. The normalized spacial score (nSPS) is 10.9. The van der Waals surface area contributed by atoms with Gasteiger partial charge in [-0.1, -0.05) is 18.2 Å². The Morgan fingerprint density at radius 3 is 2.46 bits per heavy atom. The van der Waals surface area contributed by atoms with E-state index in [2.05, 4.69) is 52.9 Å². The number of aromatic nitrogens is 4. The summed E-state index contributed by atoms with van der Waals surface area (Å²) in [7, 11) is 0. The Hall–Kier alpha value is -2.67. The van der Waals surface area contributed by atoms with Crippen LogP contribution in [0.1, 0.15) is 34.8 Å². The molecule has 0 aliphatic rings. The molecule has 0 spiro atoms. The van der Waals surface area contributed by atoms with Gasteiger partial charge in [0.2, 0.25) is 0 Å². The maximum Gasteiger partial charge on any atom is 0.166 e. The molecule has 28 heavy (non-hydrogen) atoms. The van der Waals surface area contributed by atoms with Gasteiger partial charge >= 0.3 is 0 Å². The molecule has 0 aliphatic heterocycles. The molecule has 0 atom stereocenters. The number of para-hydroxylation sites is 1. The first-order valence-electron chi connectivity index (χ1n) is 9.59. The lowest BCUT2D eigenvalue weighted by atomic mass is 10.2. The van der Waals surface area contributed by atoms with Crippen LogP contribution in [0.2, 0.25) is 0 Å². The summed E-state index contributed by atoms with van der Waals surface area (Å²) in [6.45, 7) is 10.6. The summed E-state index contributed by atoms with van der Waals surface area (Å²) < 4.78 is 4.02. The zero-order valence-electron chi connectivity index (χ0n) is 17.0. The second-order valence-electron chi connectivity index (χ2n) is 7.01. The van der Waals surface area contributed by atoms with Crippen LogP contribution in [-0.2, 0) is 13.1 Å². The minimum absolute atomic E-state index is 0.661. The third kappa shape index (κ3) is 4.78. The molecule has 3 aromatic rings. The molecule has 0 unspecified atom stereocenters.